The van der Waals surface area contributed by atoms with Crippen molar-refractivity contribution in [1.82, 2.24) is 20.9 Å². The van der Waals surface area contributed by atoms with Gasteiger partial charge in [-0.05, 0) is 57.4 Å². The van der Waals surface area contributed by atoms with Crippen LogP contribution in [0.4, 0.5) is 4.39 Å². The van der Waals surface area contributed by atoms with Crippen LogP contribution in [0.3, 0.4) is 0 Å². The van der Waals surface area contributed by atoms with Crippen molar-refractivity contribution in [2.75, 3.05) is 32.8 Å². The minimum atomic E-state index is -0.757. The predicted octanol–water partition coefficient (Wildman–Crippen LogP) is 1.84. The monoisotopic (exact) mass is 424 g/mol. The Bertz CT molecular complexity index is 561. The number of ether oxygens (including phenoxy) is 1. The van der Waals surface area contributed by atoms with E-state index in [0.717, 1.165) is 58.5 Å². The molecule has 8 atom stereocenters. The van der Waals surface area contributed by atoms with Gasteiger partial charge in [-0.3, -0.25) is 9.69 Å². The van der Waals surface area contributed by atoms with E-state index < -0.39 is 6.17 Å². The third kappa shape index (κ3) is 5.17. The maximum Gasteiger partial charge on any atom is 0.237 e. The second kappa shape index (κ2) is 10.2. The lowest BCUT2D eigenvalue weighted by molar-refractivity contribution is -0.124. The van der Waals surface area contributed by atoms with Gasteiger partial charge in [0.25, 0.3) is 0 Å². The Morgan fingerprint density at radius 2 is 2.10 bits per heavy atom. The molecule has 0 aromatic carbocycles. The normalized spacial score (nSPS) is 42.6. The van der Waals surface area contributed by atoms with Crippen LogP contribution in [-0.4, -0.2) is 80.0 Å². The molecular formula is C23H41FN4O2. The number of alkyl halides is 1. The van der Waals surface area contributed by atoms with E-state index in [4.69, 9.17) is 4.74 Å². The standard InChI is InChI=1S/C23H41FN4O2/c1-3-25-13-18-14-28(9-10-30-18)17-6-4-5-16(11-17)26-23(29)21-12-19-20(24)8-7-15(2)22(19)27-21/h15-22,25,27H,3-14H2,1-2H3,(H,26,29). The van der Waals surface area contributed by atoms with E-state index in [2.05, 4.69) is 34.7 Å². The molecule has 6 nitrogen and oxygen atoms in total. The zero-order chi connectivity index (χ0) is 21.1. The second-order valence-electron chi connectivity index (χ2n) is 10.0. The molecular weight excluding hydrogens is 383 g/mol. The highest BCUT2D eigenvalue weighted by Crippen LogP contribution is 2.38. The number of likely N-dealkylation sites (N-methyl/N-ethyl adjacent to an activating group) is 1. The molecule has 3 N–H and O–H groups in total. The fourth-order valence-corrected chi connectivity index (χ4v) is 6.23. The zero-order valence-electron chi connectivity index (χ0n) is 18.7. The zero-order valence-corrected chi connectivity index (χ0v) is 18.7. The fourth-order valence-electron chi connectivity index (χ4n) is 6.23. The van der Waals surface area contributed by atoms with E-state index >= 15 is 0 Å². The van der Waals surface area contributed by atoms with Crippen molar-refractivity contribution >= 4 is 5.91 Å². The molecule has 2 saturated heterocycles. The summed E-state index contributed by atoms with van der Waals surface area (Å²) in [6.45, 7) is 8.94. The molecule has 7 heteroatoms. The summed E-state index contributed by atoms with van der Waals surface area (Å²) in [4.78, 5) is 15.6. The van der Waals surface area contributed by atoms with Crippen LogP contribution in [0, 0.1) is 11.8 Å². The van der Waals surface area contributed by atoms with Gasteiger partial charge in [0.15, 0.2) is 0 Å². The number of nitrogens with one attached hydrogen (secondary N) is 3. The van der Waals surface area contributed by atoms with Crippen molar-refractivity contribution in [2.45, 2.75) is 95.2 Å². The van der Waals surface area contributed by atoms with Gasteiger partial charge in [-0.2, -0.15) is 0 Å². The van der Waals surface area contributed by atoms with Crippen molar-refractivity contribution in [2.24, 2.45) is 11.8 Å². The van der Waals surface area contributed by atoms with E-state index in [0.29, 0.717) is 24.8 Å². The Balaban J connectivity index is 1.27. The number of morpholine rings is 1. The average molecular weight is 425 g/mol. The quantitative estimate of drug-likeness (QED) is 0.607. The molecule has 2 saturated carbocycles. The number of carbonyl (C=O) groups excluding carboxylic acids is 1. The van der Waals surface area contributed by atoms with Gasteiger partial charge >= 0.3 is 0 Å². The second-order valence-corrected chi connectivity index (χ2v) is 10.0. The van der Waals surface area contributed by atoms with Crippen molar-refractivity contribution in [3.8, 4) is 0 Å². The van der Waals surface area contributed by atoms with E-state index in [9.17, 15) is 9.18 Å². The number of nitrogens with zero attached hydrogens (tertiary/aromatic N) is 1. The first-order valence-electron chi connectivity index (χ1n) is 12.3. The maximum absolute atomic E-state index is 14.4. The van der Waals surface area contributed by atoms with Crippen molar-refractivity contribution in [1.29, 1.82) is 0 Å². The summed E-state index contributed by atoms with van der Waals surface area (Å²) in [7, 11) is 0. The van der Waals surface area contributed by atoms with E-state index in [1.54, 1.807) is 0 Å². The molecule has 4 rings (SSSR count). The lowest BCUT2D eigenvalue weighted by Gasteiger charge is -2.42. The predicted molar refractivity (Wildman–Crippen MR) is 116 cm³/mol. The summed E-state index contributed by atoms with van der Waals surface area (Å²) in [5, 5.41) is 10.2. The molecule has 8 unspecified atom stereocenters. The molecule has 1 amide bonds. The van der Waals surface area contributed by atoms with Gasteiger partial charge in [0.1, 0.15) is 6.17 Å². The molecule has 2 aliphatic heterocycles. The van der Waals surface area contributed by atoms with Crippen molar-refractivity contribution in [3.05, 3.63) is 0 Å². The Hall–Kier alpha value is -0.760. The third-order valence-corrected chi connectivity index (χ3v) is 7.96. The third-order valence-electron chi connectivity index (χ3n) is 7.96. The Morgan fingerprint density at radius 3 is 2.90 bits per heavy atom. The Labute approximate surface area is 181 Å². The van der Waals surface area contributed by atoms with Gasteiger partial charge in [0.05, 0.1) is 18.8 Å². The molecule has 0 radical (unpaired) electrons. The lowest BCUT2D eigenvalue weighted by atomic mass is 9.77. The van der Waals surface area contributed by atoms with Crippen molar-refractivity contribution < 1.29 is 13.9 Å². The molecule has 172 valence electrons. The van der Waals surface area contributed by atoms with Crippen LogP contribution in [0.5, 0.6) is 0 Å². The highest BCUT2D eigenvalue weighted by atomic mass is 19.1. The Kier molecular flexibility index (Phi) is 7.66. The van der Waals surface area contributed by atoms with E-state index in [1.165, 1.54) is 6.42 Å². The van der Waals surface area contributed by atoms with Crippen LogP contribution in [0.15, 0.2) is 0 Å². The summed E-state index contributed by atoms with van der Waals surface area (Å²) in [5.74, 6) is 0.544. The fraction of sp³-hybridized carbons (Fsp3) is 0.957. The summed E-state index contributed by atoms with van der Waals surface area (Å²) in [6, 6.07) is 0.679. The van der Waals surface area contributed by atoms with Gasteiger partial charge in [-0.15, -0.1) is 0 Å². The summed E-state index contributed by atoms with van der Waals surface area (Å²) < 4.78 is 20.3. The highest BCUT2D eigenvalue weighted by Gasteiger charge is 2.46. The number of fused-ring (bicyclic) bond motifs is 1. The number of hydrogen-bond acceptors (Lipinski definition) is 5. The molecule has 0 bridgehead atoms. The number of rotatable bonds is 6. The molecule has 0 spiro atoms. The van der Waals surface area contributed by atoms with Crippen molar-refractivity contribution in [3.63, 3.8) is 0 Å². The van der Waals surface area contributed by atoms with Crippen LogP contribution in [0.2, 0.25) is 0 Å². The molecule has 0 aromatic rings. The van der Waals surface area contributed by atoms with E-state index in [1.807, 2.05) is 0 Å². The van der Waals surface area contributed by atoms with Gasteiger partial charge in [0, 0.05) is 43.7 Å². The minimum Gasteiger partial charge on any atom is -0.374 e. The van der Waals surface area contributed by atoms with Crippen LogP contribution in [0.1, 0.15) is 58.8 Å². The SMILES string of the molecule is CCNCC1CN(C2CCCC(NC(=O)C3CC4C(F)CCC(C)C4N3)C2)CCO1. The van der Waals surface area contributed by atoms with Crippen LogP contribution < -0.4 is 16.0 Å². The molecule has 2 aliphatic carbocycles. The van der Waals surface area contributed by atoms with Gasteiger partial charge in [-0.25, -0.2) is 4.39 Å². The Morgan fingerprint density at radius 1 is 1.23 bits per heavy atom. The van der Waals surface area contributed by atoms with Crippen LogP contribution >= 0.6 is 0 Å². The van der Waals surface area contributed by atoms with E-state index in [-0.39, 0.29) is 36.1 Å². The first-order valence-corrected chi connectivity index (χ1v) is 12.3. The summed E-state index contributed by atoms with van der Waals surface area (Å²) >= 11 is 0. The summed E-state index contributed by atoms with van der Waals surface area (Å²) in [6.07, 6.45) is 6.14. The first-order chi connectivity index (χ1) is 14.5. The number of halogens is 1. The smallest absolute Gasteiger partial charge is 0.237 e. The van der Waals surface area contributed by atoms with Gasteiger partial charge in [0.2, 0.25) is 5.91 Å². The maximum atomic E-state index is 14.4. The average Bonchev–Trinajstić information content (AvgIpc) is 3.22. The lowest BCUT2D eigenvalue weighted by Crippen LogP contribution is -2.54. The van der Waals surface area contributed by atoms with Gasteiger partial charge in [-0.1, -0.05) is 13.8 Å². The number of amides is 1. The summed E-state index contributed by atoms with van der Waals surface area (Å²) in [5.41, 5.74) is 0. The van der Waals surface area contributed by atoms with Crippen LogP contribution in [-0.2, 0) is 9.53 Å². The molecule has 30 heavy (non-hydrogen) atoms. The number of carbonyl (C=O) groups is 1. The molecule has 4 aliphatic rings. The van der Waals surface area contributed by atoms with Gasteiger partial charge < -0.3 is 20.7 Å². The molecule has 0 aromatic heterocycles. The molecule has 4 fully saturated rings. The minimum absolute atomic E-state index is 0.00520. The molecule has 2 heterocycles. The van der Waals surface area contributed by atoms with Crippen LogP contribution in [0.25, 0.3) is 0 Å². The largest absolute Gasteiger partial charge is 0.374 e. The number of hydrogen-bond donors (Lipinski definition) is 3. The highest BCUT2D eigenvalue weighted by molar-refractivity contribution is 5.82. The first kappa shape index (κ1) is 22.4. The topological polar surface area (TPSA) is 65.6 Å².